The molecule has 0 aliphatic carbocycles. The molecule has 0 bridgehead atoms. The molecule has 1 aliphatic rings. The highest BCUT2D eigenvalue weighted by molar-refractivity contribution is 6.02. The van der Waals surface area contributed by atoms with Crippen molar-refractivity contribution in [2.24, 2.45) is 4.99 Å². The number of carbonyl (C=O) groups is 1. The number of carbonyl (C=O) groups excluding carboxylic acids is 1. The number of nitrogens with one attached hydrogen (secondary N) is 2. The minimum absolute atomic E-state index is 0.235. The van der Waals surface area contributed by atoms with Crippen molar-refractivity contribution in [3.63, 3.8) is 0 Å². The quantitative estimate of drug-likeness (QED) is 0.555. The highest BCUT2D eigenvalue weighted by atomic mass is 19.4. The van der Waals surface area contributed by atoms with Gasteiger partial charge in [-0.05, 0) is 36.8 Å². The van der Waals surface area contributed by atoms with Crippen molar-refractivity contribution in [2.45, 2.75) is 25.7 Å². The van der Waals surface area contributed by atoms with Crippen LogP contribution in [-0.2, 0) is 6.54 Å². The zero-order valence-corrected chi connectivity index (χ0v) is 17.4. The fourth-order valence-electron chi connectivity index (χ4n) is 3.35. The first-order valence-corrected chi connectivity index (χ1v) is 9.98. The summed E-state index contributed by atoms with van der Waals surface area (Å²) in [6, 6.07) is 9.12. The minimum atomic E-state index is -4.22. The highest BCUT2D eigenvalue weighted by Crippen LogP contribution is 2.25. The molecular formula is C21H26F3N5O2. The van der Waals surface area contributed by atoms with Crippen molar-refractivity contribution in [1.82, 2.24) is 15.1 Å². The number of benzene rings is 1. The van der Waals surface area contributed by atoms with Crippen molar-refractivity contribution in [3.8, 4) is 0 Å². The van der Waals surface area contributed by atoms with Crippen molar-refractivity contribution in [1.29, 1.82) is 0 Å². The molecule has 0 radical (unpaired) electrons. The van der Waals surface area contributed by atoms with Crippen LogP contribution >= 0.6 is 0 Å². The molecule has 31 heavy (non-hydrogen) atoms. The van der Waals surface area contributed by atoms with Crippen molar-refractivity contribution in [2.75, 3.05) is 38.5 Å². The maximum Gasteiger partial charge on any atom is 0.403 e. The van der Waals surface area contributed by atoms with E-state index in [1.54, 1.807) is 31.3 Å². The maximum atomic E-state index is 12.9. The summed E-state index contributed by atoms with van der Waals surface area (Å²) in [5, 5.41) is 6.00. The van der Waals surface area contributed by atoms with Crippen LogP contribution in [0.1, 0.15) is 23.0 Å². The molecule has 1 saturated heterocycles. The number of halogens is 3. The van der Waals surface area contributed by atoms with E-state index in [1.807, 2.05) is 17.0 Å². The highest BCUT2D eigenvalue weighted by Gasteiger charge is 2.41. The minimum Gasteiger partial charge on any atom is -0.459 e. The first-order valence-electron chi connectivity index (χ1n) is 9.98. The lowest BCUT2D eigenvalue weighted by atomic mass is 10.2. The van der Waals surface area contributed by atoms with E-state index in [9.17, 15) is 18.0 Å². The third-order valence-electron chi connectivity index (χ3n) is 5.25. The van der Waals surface area contributed by atoms with E-state index in [1.165, 1.54) is 18.1 Å². The topological polar surface area (TPSA) is 73.1 Å². The number of hydrogen-bond donors (Lipinski definition) is 2. The molecule has 0 spiro atoms. The van der Waals surface area contributed by atoms with Gasteiger partial charge < -0.3 is 20.0 Å². The molecule has 168 valence electrons. The van der Waals surface area contributed by atoms with Gasteiger partial charge in [-0.1, -0.05) is 12.1 Å². The number of guanidine groups is 1. The molecule has 1 atom stereocenters. The van der Waals surface area contributed by atoms with E-state index < -0.39 is 12.2 Å². The van der Waals surface area contributed by atoms with Crippen LogP contribution in [0.25, 0.3) is 0 Å². The third kappa shape index (κ3) is 6.00. The standard InChI is InChI=1S/C21H26F3N5O2/c1-15(21(22,23)24)28-9-11-29(12-10-28)20(25-2)26-14-16-5-7-17(8-6-16)27-19(30)18-4-3-13-31-18/h3-8,13,15H,9-12,14H2,1-2H3,(H,25,26)(H,27,30). The molecule has 10 heteroatoms. The van der Waals surface area contributed by atoms with Crippen LogP contribution in [0, 0.1) is 0 Å². The van der Waals surface area contributed by atoms with Crippen molar-refractivity contribution in [3.05, 3.63) is 54.0 Å². The number of furan rings is 1. The van der Waals surface area contributed by atoms with Gasteiger partial charge in [-0.3, -0.25) is 14.7 Å². The van der Waals surface area contributed by atoms with Crippen LogP contribution in [0.2, 0.25) is 0 Å². The molecule has 3 rings (SSSR count). The molecule has 1 fully saturated rings. The smallest absolute Gasteiger partial charge is 0.403 e. The van der Waals surface area contributed by atoms with Crippen LogP contribution < -0.4 is 10.6 Å². The largest absolute Gasteiger partial charge is 0.459 e. The SMILES string of the molecule is CN=C(NCc1ccc(NC(=O)c2ccco2)cc1)N1CCN(C(C)C(F)(F)F)CC1. The summed E-state index contributed by atoms with van der Waals surface area (Å²) in [7, 11) is 1.65. The van der Waals surface area contributed by atoms with E-state index in [2.05, 4.69) is 15.6 Å². The fraction of sp³-hybridized carbons (Fsp3) is 0.429. The average Bonchev–Trinajstić information content (AvgIpc) is 3.30. The van der Waals surface area contributed by atoms with Gasteiger partial charge in [-0.2, -0.15) is 13.2 Å². The molecule has 1 aromatic carbocycles. The summed E-state index contributed by atoms with van der Waals surface area (Å²) in [5.41, 5.74) is 1.62. The van der Waals surface area contributed by atoms with E-state index in [0.29, 0.717) is 44.4 Å². The van der Waals surface area contributed by atoms with Crippen molar-refractivity contribution >= 4 is 17.6 Å². The Kier molecular flexibility index (Phi) is 7.21. The van der Waals surface area contributed by atoms with Crippen LogP contribution in [0.4, 0.5) is 18.9 Å². The van der Waals surface area contributed by atoms with Gasteiger partial charge in [-0.15, -0.1) is 0 Å². The Morgan fingerprint density at radius 1 is 1.16 bits per heavy atom. The summed E-state index contributed by atoms with van der Waals surface area (Å²) in [6.45, 7) is 3.29. The summed E-state index contributed by atoms with van der Waals surface area (Å²) < 4.78 is 43.8. The van der Waals surface area contributed by atoms with Gasteiger partial charge in [0.2, 0.25) is 0 Å². The zero-order chi connectivity index (χ0) is 22.4. The Morgan fingerprint density at radius 2 is 1.84 bits per heavy atom. The number of piperazine rings is 1. The third-order valence-corrected chi connectivity index (χ3v) is 5.25. The Bertz CT molecular complexity index is 873. The van der Waals surface area contributed by atoms with Crippen LogP contribution in [0.5, 0.6) is 0 Å². The predicted molar refractivity (Wildman–Crippen MR) is 112 cm³/mol. The molecule has 1 aromatic heterocycles. The van der Waals surface area contributed by atoms with Gasteiger partial charge >= 0.3 is 6.18 Å². The van der Waals surface area contributed by atoms with E-state index in [4.69, 9.17) is 4.42 Å². The summed E-state index contributed by atoms with van der Waals surface area (Å²) in [4.78, 5) is 19.7. The number of rotatable bonds is 5. The molecular weight excluding hydrogens is 411 g/mol. The molecule has 7 nitrogen and oxygen atoms in total. The molecule has 0 saturated carbocycles. The van der Waals surface area contributed by atoms with Gasteiger partial charge in [0.15, 0.2) is 11.7 Å². The maximum absolute atomic E-state index is 12.9. The second-order valence-corrected chi connectivity index (χ2v) is 7.27. The molecule has 1 unspecified atom stereocenters. The van der Waals surface area contributed by atoms with Crippen molar-refractivity contribution < 1.29 is 22.4 Å². The Hall–Kier alpha value is -3.01. The normalized spacial score (nSPS) is 16.8. The summed E-state index contributed by atoms with van der Waals surface area (Å²) in [6.07, 6.45) is -2.78. The molecule has 1 aliphatic heterocycles. The van der Waals surface area contributed by atoms with Gasteiger partial charge in [0.05, 0.1) is 6.26 Å². The van der Waals surface area contributed by atoms with E-state index >= 15 is 0 Å². The molecule has 2 N–H and O–H groups in total. The number of alkyl halides is 3. The van der Waals surface area contributed by atoms with Crippen LogP contribution in [0.3, 0.4) is 0 Å². The average molecular weight is 437 g/mol. The van der Waals surface area contributed by atoms with E-state index in [0.717, 1.165) is 5.56 Å². The van der Waals surface area contributed by atoms with Gasteiger partial charge in [0.25, 0.3) is 5.91 Å². The van der Waals surface area contributed by atoms with Crippen LogP contribution in [-0.4, -0.2) is 67.1 Å². The van der Waals surface area contributed by atoms with Gasteiger partial charge in [0.1, 0.15) is 6.04 Å². The number of aliphatic imine (C=N–C) groups is 1. The lowest BCUT2D eigenvalue weighted by molar-refractivity contribution is -0.181. The van der Waals surface area contributed by atoms with Crippen LogP contribution in [0.15, 0.2) is 52.1 Å². The molecule has 2 heterocycles. The van der Waals surface area contributed by atoms with E-state index in [-0.39, 0.29) is 11.7 Å². The first-order chi connectivity index (χ1) is 14.8. The zero-order valence-electron chi connectivity index (χ0n) is 17.4. The lowest BCUT2D eigenvalue weighted by Crippen LogP contribution is -2.56. The monoisotopic (exact) mass is 437 g/mol. The summed E-state index contributed by atoms with van der Waals surface area (Å²) in [5.74, 6) is 0.559. The second-order valence-electron chi connectivity index (χ2n) is 7.27. The summed E-state index contributed by atoms with van der Waals surface area (Å²) >= 11 is 0. The number of nitrogens with zero attached hydrogens (tertiary/aromatic N) is 3. The van der Waals surface area contributed by atoms with Gasteiger partial charge in [-0.25, -0.2) is 0 Å². The first kappa shape index (κ1) is 22.7. The number of amides is 1. The number of anilines is 1. The van der Waals surface area contributed by atoms with Gasteiger partial charge in [0, 0.05) is 45.5 Å². The molecule has 2 aromatic rings. The predicted octanol–water partition coefficient (Wildman–Crippen LogP) is 3.18. The second kappa shape index (κ2) is 9.86. The Balaban J connectivity index is 1.48. The molecule has 1 amide bonds. The number of hydrogen-bond acceptors (Lipinski definition) is 4. The fourth-order valence-corrected chi connectivity index (χ4v) is 3.35. The Labute approximate surface area is 178 Å². The lowest BCUT2D eigenvalue weighted by Gasteiger charge is -2.39. The Morgan fingerprint density at radius 3 is 2.39 bits per heavy atom.